The molecule has 1 aliphatic heterocycles. The standard InChI is InChI=1S/C14H23N3O2S/c1-3-12-10(2)20-14(16-12)17-13(18)6-9-19-11-4-7-15-8-5-11/h11,15H,3-9H2,1-2H3,(H,16,17,18). The van der Waals surface area contributed by atoms with Crippen LogP contribution in [0.4, 0.5) is 5.13 Å². The van der Waals surface area contributed by atoms with E-state index < -0.39 is 0 Å². The predicted molar refractivity (Wildman–Crippen MR) is 81.3 cm³/mol. The van der Waals surface area contributed by atoms with Crippen molar-refractivity contribution in [1.82, 2.24) is 10.3 Å². The molecule has 2 N–H and O–H groups in total. The number of aryl methyl sites for hydroxylation is 2. The van der Waals surface area contributed by atoms with Crippen molar-refractivity contribution in [2.24, 2.45) is 0 Å². The third-order valence-electron chi connectivity index (χ3n) is 3.44. The number of hydrogen-bond donors (Lipinski definition) is 2. The van der Waals surface area contributed by atoms with Crippen LogP contribution in [0.5, 0.6) is 0 Å². The first-order valence-corrected chi connectivity index (χ1v) is 8.09. The number of hydrogen-bond acceptors (Lipinski definition) is 5. The minimum Gasteiger partial charge on any atom is -0.378 e. The van der Waals surface area contributed by atoms with Crippen molar-refractivity contribution in [2.45, 2.75) is 45.6 Å². The second-order valence-corrected chi connectivity index (χ2v) is 6.20. The van der Waals surface area contributed by atoms with Crippen LogP contribution in [-0.2, 0) is 16.0 Å². The number of nitrogens with zero attached hydrogens (tertiary/aromatic N) is 1. The van der Waals surface area contributed by atoms with Crippen molar-refractivity contribution >= 4 is 22.4 Å². The molecule has 2 heterocycles. The molecule has 1 aromatic rings. The summed E-state index contributed by atoms with van der Waals surface area (Å²) in [4.78, 5) is 17.4. The smallest absolute Gasteiger partial charge is 0.228 e. The van der Waals surface area contributed by atoms with E-state index in [-0.39, 0.29) is 5.91 Å². The van der Waals surface area contributed by atoms with Crippen LogP contribution in [0.25, 0.3) is 0 Å². The zero-order valence-corrected chi connectivity index (χ0v) is 13.0. The lowest BCUT2D eigenvalue weighted by atomic mass is 10.1. The van der Waals surface area contributed by atoms with E-state index in [1.165, 1.54) is 16.2 Å². The highest BCUT2D eigenvalue weighted by Gasteiger charge is 2.14. The summed E-state index contributed by atoms with van der Waals surface area (Å²) in [5, 5.41) is 6.85. The van der Waals surface area contributed by atoms with Gasteiger partial charge in [-0.25, -0.2) is 4.98 Å². The van der Waals surface area contributed by atoms with Gasteiger partial charge in [0, 0.05) is 4.88 Å². The Labute approximate surface area is 124 Å². The van der Waals surface area contributed by atoms with Crippen LogP contribution in [0, 0.1) is 6.92 Å². The Balaban J connectivity index is 1.69. The van der Waals surface area contributed by atoms with Gasteiger partial charge in [-0.05, 0) is 39.3 Å². The Morgan fingerprint density at radius 3 is 2.90 bits per heavy atom. The quantitative estimate of drug-likeness (QED) is 0.844. The number of thiazole rings is 1. The number of rotatable bonds is 6. The van der Waals surface area contributed by atoms with E-state index in [4.69, 9.17) is 4.74 Å². The minimum absolute atomic E-state index is 0.0182. The van der Waals surface area contributed by atoms with Gasteiger partial charge in [0.25, 0.3) is 0 Å². The first-order chi connectivity index (χ1) is 9.69. The number of anilines is 1. The molecule has 1 amide bonds. The normalized spacial score (nSPS) is 16.3. The topological polar surface area (TPSA) is 63.2 Å². The second-order valence-electron chi connectivity index (χ2n) is 4.99. The number of ether oxygens (including phenoxy) is 1. The molecule has 1 saturated heterocycles. The predicted octanol–water partition coefficient (Wildman–Crippen LogP) is 2.11. The first-order valence-electron chi connectivity index (χ1n) is 7.27. The summed E-state index contributed by atoms with van der Waals surface area (Å²) >= 11 is 1.54. The molecule has 2 rings (SSSR count). The van der Waals surface area contributed by atoms with E-state index in [9.17, 15) is 4.79 Å². The van der Waals surface area contributed by atoms with E-state index in [2.05, 4.69) is 22.5 Å². The Morgan fingerprint density at radius 1 is 1.50 bits per heavy atom. The molecule has 0 spiro atoms. The molecule has 0 unspecified atom stereocenters. The maximum atomic E-state index is 11.8. The molecule has 6 heteroatoms. The van der Waals surface area contributed by atoms with Gasteiger partial charge in [-0.2, -0.15) is 0 Å². The number of piperidine rings is 1. The molecule has 5 nitrogen and oxygen atoms in total. The van der Waals surface area contributed by atoms with E-state index >= 15 is 0 Å². The summed E-state index contributed by atoms with van der Waals surface area (Å²) < 4.78 is 5.72. The van der Waals surface area contributed by atoms with E-state index in [1.807, 2.05) is 6.92 Å². The maximum Gasteiger partial charge on any atom is 0.228 e. The lowest BCUT2D eigenvalue weighted by molar-refractivity contribution is -0.117. The fourth-order valence-electron chi connectivity index (χ4n) is 2.27. The van der Waals surface area contributed by atoms with Crippen LogP contribution in [0.2, 0.25) is 0 Å². The van der Waals surface area contributed by atoms with Crippen molar-refractivity contribution < 1.29 is 9.53 Å². The van der Waals surface area contributed by atoms with E-state index in [0.717, 1.165) is 38.0 Å². The van der Waals surface area contributed by atoms with Gasteiger partial charge >= 0.3 is 0 Å². The second kappa shape index (κ2) is 7.71. The van der Waals surface area contributed by atoms with Crippen LogP contribution in [0.1, 0.15) is 36.8 Å². The SMILES string of the molecule is CCc1nc(NC(=O)CCOC2CCNCC2)sc1C. The molecule has 112 valence electrons. The van der Waals surface area contributed by atoms with Crippen LogP contribution < -0.4 is 10.6 Å². The molecular formula is C14H23N3O2S. The van der Waals surface area contributed by atoms with Crippen molar-refractivity contribution in [3.8, 4) is 0 Å². The summed E-state index contributed by atoms with van der Waals surface area (Å²) in [5.74, 6) is -0.0182. The van der Waals surface area contributed by atoms with Gasteiger partial charge in [-0.15, -0.1) is 11.3 Å². The number of aromatic nitrogens is 1. The molecule has 0 atom stereocenters. The van der Waals surface area contributed by atoms with Crippen LogP contribution in [0.15, 0.2) is 0 Å². The van der Waals surface area contributed by atoms with Gasteiger partial charge in [0.15, 0.2) is 5.13 Å². The lowest BCUT2D eigenvalue weighted by Gasteiger charge is -2.22. The highest BCUT2D eigenvalue weighted by Crippen LogP contribution is 2.22. The summed E-state index contributed by atoms with van der Waals surface area (Å²) in [6.07, 6.45) is 3.67. The Kier molecular flexibility index (Phi) is 5.94. The first kappa shape index (κ1) is 15.4. The number of carbonyl (C=O) groups is 1. The van der Waals surface area contributed by atoms with Gasteiger partial charge in [0.2, 0.25) is 5.91 Å². The molecule has 20 heavy (non-hydrogen) atoms. The molecule has 1 fully saturated rings. The fraction of sp³-hybridized carbons (Fsp3) is 0.714. The Morgan fingerprint density at radius 2 is 2.25 bits per heavy atom. The molecular weight excluding hydrogens is 274 g/mol. The maximum absolute atomic E-state index is 11.8. The molecule has 0 radical (unpaired) electrons. The summed E-state index contributed by atoms with van der Waals surface area (Å²) in [6.45, 7) is 6.61. The van der Waals surface area contributed by atoms with Gasteiger partial charge in [0.05, 0.1) is 24.8 Å². The molecule has 0 saturated carbocycles. The molecule has 0 bridgehead atoms. The summed E-state index contributed by atoms with van der Waals surface area (Å²) in [5.41, 5.74) is 1.07. The molecule has 1 aromatic heterocycles. The van der Waals surface area contributed by atoms with E-state index in [1.54, 1.807) is 0 Å². The largest absolute Gasteiger partial charge is 0.378 e. The third kappa shape index (κ3) is 4.54. The molecule has 1 aliphatic rings. The van der Waals surface area contributed by atoms with Gasteiger partial charge < -0.3 is 15.4 Å². The van der Waals surface area contributed by atoms with Crippen molar-refractivity contribution in [3.05, 3.63) is 10.6 Å². The highest BCUT2D eigenvalue weighted by molar-refractivity contribution is 7.15. The van der Waals surface area contributed by atoms with Gasteiger partial charge in [0.1, 0.15) is 0 Å². The monoisotopic (exact) mass is 297 g/mol. The minimum atomic E-state index is -0.0182. The van der Waals surface area contributed by atoms with Gasteiger partial charge in [-0.3, -0.25) is 4.79 Å². The fourth-order valence-corrected chi connectivity index (χ4v) is 3.19. The summed E-state index contributed by atoms with van der Waals surface area (Å²) in [6, 6.07) is 0. The van der Waals surface area contributed by atoms with Crippen LogP contribution >= 0.6 is 11.3 Å². The summed E-state index contributed by atoms with van der Waals surface area (Å²) in [7, 11) is 0. The number of carbonyl (C=O) groups excluding carboxylic acids is 1. The zero-order valence-electron chi connectivity index (χ0n) is 12.2. The average Bonchev–Trinajstić information content (AvgIpc) is 2.80. The Bertz CT molecular complexity index is 442. The van der Waals surface area contributed by atoms with Crippen LogP contribution in [0.3, 0.4) is 0 Å². The zero-order chi connectivity index (χ0) is 14.4. The number of amides is 1. The van der Waals surface area contributed by atoms with Gasteiger partial charge in [-0.1, -0.05) is 6.92 Å². The molecule has 0 aromatic carbocycles. The third-order valence-corrected chi connectivity index (χ3v) is 4.37. The number of nitrogens with one attached hydrogen (secondary N) is 2. The van der Waals surface area contributed by atoms with E-state index in [0.29, 0.717) is 24.3 Å². The highest BCUT2D eigenvalue weighted by atomic mass is 32.1. The van der Waals surface area contributed by atoms with Crippen LogP contribution in [-0.4, -0.2) is 36.7 Å². The average molecular weight is 297 g/mol. The van der Waals surface area contributed by atoms with Crippen molar-refractivity contribution in [1.29, 1.82) is 0 Å². The van der Waals surface area contributed by atoms with Crippen molar-refractivity contribution in [2.75, 3.05) is 25.0 Å². The van der Waals surface area contributed by atoms with Crippen molar-refractivity contribution in [3.63, 3.8) is 0 Å². The molecule has 0 aliphatic carbocycles. The Hall–Kier alpha value is -0.980. The lowest BCUT2D eigenvalue weighted by Crippen LogP contribution is -2.33.